The summed E-state index contributed by atoms with van der Waals surface area (Å²) in [6.07, 6.45) is 0. The molecule has 2 fully saturated rings. The fourth-order valence-electron chi connectivity index (χ4n) is 4.12. The molecule has 2 atom stereocenters. The van der Waals surface area contributed by atoms with E-state index in [1.165, 1.54) is 4.88 Å². The number of aromatic nitrogens is 2. The van der Waals surface area contributed by atoms with Crippen molar-refractivity contribution in [2.45, 2.75) is 32.5 Å². The van der Waals surface area contributed by atoms with Crippen LogP contribution in [0.1, 0.15) is 18.7 Å². The topological polar surface area (TPSA) is 44.7 Å². The van der Waals surface area contributed by atoms with Gasteiger partial charge >= 0.3 is 0 Å². The minimum Gasteiger partial charge on any atom is -0.378 e. The van der Waals surface area contributed by atoms with Gasteiger partial charge in [0.25, 0.3) is 0 Å². The van der Waals surface area contributed by atoms with Crippen LogP contribution in [0.2, 0.25) is 5.28 Å². The van der Waals surface area contributed by atoms with Gasteiger partial charge in [0.05, 0.1) is 23.4 Å². The highest BCUT2D eigenvalue weighted by Gasteiger charge is 2.28. The van der Waals surface area contributed by atoms with E-state index >= 15 is 0 Å². The average Bonchev–Trinajstić information content (AvgIpc) is 3.00. The smallest absolute Gasteiger partial charge is 0.224 e. The molecule has 0 saturated carbocycles. The van der Waals surface area contributed by atoms with Crippen LogP contribution in [0, 0.1) is 0 Å². The van der Waals surface area contributed by atoms with Gasteiger partial charge in [0.15, 0.2) is 5.82 Å². The number of thiophene rings is 1. The lowest BCUT2D eigenvalue weighted by atomic mass is 10.1. The van der Waals surface area contributed by atoms with Crippen LogP contribution in [0.25, 0.3) is 10.2 Å². The summed E-state index contributed by atoms with van der Waals surface area (Å²) in [5, 5.41) is 0.324. The molecule has 2 aliphatic rings. The van der Waals surface area contributed by atoms with Crippen molar-refractivity contribution in [3.8, 4) is 0 Å². The lowest BCUT2D eigenvalue weighted by molar-refractivity contribution is 0.0467. The summed E-state index contributed by atoms with van der Waals surface area (Å²) in [7, 11) is 2.20. The van der Waals surface area contributed by atoms with Crippen molar-refractivity contribution in [2.24, 2.45) is 0 Å². The molecule has 4 heterocycles. The molecule has 2 aromatic heterocycles. The highest BCUT2D eigenvalue weighted by atomic mass is 35.5. The SMILES string of the molecule is C[C@@H]1CN(C)C[C@H](C)N1Cc1cc2nc(Cl)nc(N3CCOCC3)c2s1. The molecule has 0 spiro atoms. The number of piperazine rings is 1. The highest BCUT2D eigenvalue weighted by molar-refractivity contribution is 7.19. The largest absolute Gasteiger partial charge is 0.378 e. The normalized spacial score (nSPS) is 25.9. The van der Waals surface area contributed by atoms with Crippen LogP contribution in [0.3, 0.4) is 0 Å². The molecule has 0 bridgehead atoms. The Bertz CT molecular complexity index is 766. The van der Waals surface area contributed by atoms with Crippen LogP contribution in [-0.4, -0.2) is 78.3 Å². The van der Waals surface area contributed by atoms with E-state index in [0.717, 1.165) is 62.0 Å². The van der Waals surface area contributed by atoms with E-state index in [4.69, 9.17) is 16.3 Å². The summed E-state index contributed by atoms with van der Waals surface area (Å²) in [4.78, 5) is 17.6. The van der Waals surface area contributed by atoms with Gasteiger partial charge in [-0.15, -0.1) is 11.3 Å². The summed E-state index contributed by atoms with van der Waals surface area (Å²) in [6.45, 7) is 11.0. The lowest BCUT2D eigenvalue weighted by Crippen LogP contribution is -2.54. The Morgan fingerprint density at radius 1 is 1.19 bits per heavy atom. The maximum absolute atomic E-state index is 6.22. The van der Waals surface area contributed by atoms with Crippen LogP contribution in [0.5, 0.6) is 0 Å². The van der Waals surface area contributed by atoms with Crippen molar-refractivity contribution < 1.29 is 4.74 Å². The lowest BCUT2D eigenvalue weighted by Gasteiger charge is -2.43. The van der Waals surface area contributed by atoms with Gasteiger partial charge in [0.1, 0.15) is 0 Å². The van der Waals surface area contributed by atoms with E-state index in [2.05, 4.69) is 51.6 Å². The first kappa shape index (κ1) is 18.4. The van der Waals surface area contributed by atoms with Crippen LogP contribution in [0.15, 0.2) is 6.07 Å². The van der Waals surface area contributed by atoms with E-state index in [-0.39, 0.29) is 0 Å². The molecular weight excluding hydrogens is 370 g/mol. The second kappa shape index (κ2) is 7.56. The summed E-state index contributed by atoms with van der Waals surface area (Å²) >= 11 is 8.02. The van der Waals surface area contributed by atoms with Gasteiger partial charge in [-0.25, -0.2) is 4.98 Å². The van der Waals surface area contributed by atoms with E-state index in [1.807, 2.05) is 0 Å². The molecule has 0 radical (unpaired) electrons. The average molecular weight is 396 g/mol. The molecule has 142 valence electrons. The molecule has 0 aliphatic carbocycles. The van der Waals surface area contributed by atoms with Crippen LogP contribution >= 0.6 is 22.9 Å². The Balaban J connectivity index is 1.63. The number of hydrogen-bond acceptors (Lipinski definition) is 7. The number of likely N-dealkylation sites (N-methyl/N-ethyl adjacent to an activating group) is 1. The van der Waals surface area contributed by atoms with Crippen molar-refractivity contribution in [1.82, 2.24) is 19.8 Å². The van der Waals surface area contributed by atoms with E-state index in [0.29, 0.717) is 17.4 Å². The van der Waals surface area contributed by atoms with Crippen molar-refractivity contribution in [3.05, 3.63) is 16.2 Å². The number of morpholine rings is 1. The Morgan fingerprint density at radius 3 is 2.58 bits per heavy atom. The van der Waals surface area contributed by atoms with Gasteiger partial charge < -0.3 is 14.5 Å². The van der Waals surface area contributed by atoms with Crippen molar-refractivity contribution in [1.29, 1.82) is 0 Å². The first-order chi connectivity index (χ1) is 12.5. The van der Waals surface area contributed by atoms with Gasteiger partial charge in [0.2, 0.25) is 5.28 Å². The van der Waals surface area contributed by atoms with E-state index in [1.54, 1.807) is 11.3 Å². The van der Waals surface area contributed by atoms with Gasteiger partial charge in [-0.05, 0) is 38.6 Å². The third-order valence-electron chi connectivity index (χ3n) is 5.31. The molecule has 4 rings (SSSR count). The number of halogens is 1. The second-order valence-corrected chi connectivity index (χ2v) is 8.91. The van der Waals surface area contributed by atoms with Crippen LogP contribution in [0.4, 0.5) is 5.82 Å². The van der Waals surface area contributed by atoms with Gasteiger partial charge in [-0.1, -0.05) is 0 Å². The first-order valence-electron chi connectivity index (χ1n) is 9.24. The summed E-state index contributed by atoms with van der Waals surface area (Å²) in [5.41, 5.74) is 0.959. The van der Waals surface area contributed by atoms with Gasteiger partial charge in [-0.2, -0.15) is 4.98 Å². The monoisotopic (exact) mass is 395 g/mol. The number of ether oxygens (including phenoxy) is 1. The quantitative estimate of drug-likeness (QED) is 0.744. The van der Waals surface area contributed by atoms with E-state index < -0.39 is 0 Å². The minimum absolute atomic E-state index is 0.324. The molecule has 0 N–H and O–H groups in total. The third-order valence-corrected chi connectivity index (χ3v) is 6.58. The number of anilines is 1. The standard InChI is InChI=1S/C18H26ClN5OS/c1-12-9-22(3)10-13(2)24(12)11-14-8-15-16(26-14)17(21-18(19)20-15)23-4-6-25-7-5-23/h8,12-13H,4-7,9-11H2,1-3H3/t12-,13+. The Hall–Kier alpha value is -0.990. The third kappa shape index (κ3) is 3.68. The predicted octanol–water partition coefficient (Wildman–Crippen LogP) is 2.71. The predicted molar refractivity (Wildman–Crippen MR) is 107 cm³/mol. The summed E-state index contributed by atoms with van der Waals surface area (Å²) in [5.74, 6) is 0.957. The van der Waals surface area contributed by atoms with Crippen molar-refractivity contribution in [2.75, 3.05) is 51.3 Å². The highest BCUT2D eigenvalue weighted by Crippen LogP contribution is 2.34. The fraction of sp³-hybridized carbons (Fsp3) is 0.667. The van der Waals surface area contributed by atoms with Gasteiger partial charge in [-0.3, -0.25) is 4.90 Å². The Kier molecular flexibility index (Phi) is 5.34. The molecule has 2 aliphatic heterocycles. The molecule has 2 aromatic rings. The van der Waals surface area contributed by atoms with E-state index in [9.17, 15) is 0 Å². The Morgan fingerprint density at radius 2 is 1.88 bits per heavy atom. The zero-order valence-corrected chi connectivity index (χ0v) is 17.2. The molecule has 0 amide bonds. The molecule has 6 nitrogen and oxygen atoms in total. The van der Waals surface area contributed by atoms with Crippen molar-refractivity contribution >= 4 is 39.0 Å². The van der Waals surface area contributed by atoms with Gasteiger partial charge in [0, 0.05) is 49.7 Å². The number of hydrogen-bond donors (Lipinski definition) is 0. The summed E-state index contributed by atoms with van der Waals surface area (Å²) in [6, 6.07) is 3.28. The van der Waals surface area contributed by atoms with Crippen LogP contribution < -0.4 is 4.90 Å². The maximum atomic E-state index is 6.22. The molecule has 0 aromatic carbocycles. The molecule has 0 unspecified atom stereocenters. The number of fused-ring (bicyclic) bond motifs is 1. The van der Waals surface area contributed by atoms with Crippen molar-refractivity contribution in [3.63, 3.8) is 0 Å². The number of rotatable bonds is 3. The molecular formula is C18H26ClN5OS. The molecule has 26 heavy (non-hydrogen) atoms. The maximum Gasteiger partial charge on any atom is 0.224 e. The summed E-state index contributed by atoms with van der Waals surface area (Å²) < 4.78 is 6.62. The zero-order chi connectivity index (χ0) is 18.3. The number of nitrogens with zero attached hydrogens (tertiary/aromatic N) is 5. The first-order valence-corrected chi connectivity index (χ1v) is 10.4. The zero-order valence-electron chi connectivity index (χ0n) is 15.6. The second-order valence-electron chi connectivity index (χ2n) is 7.43. The Labute approximate surface area is 163 Å². The fourth-order valence-corrected chi connectivity index (χ4v) is 5.41. The van der Waals surface area contributed by atoms with Crippen LogP contribution in [-0.2, 0) is 11.3 Å². The molecule has 2 saturated heterocycles. The molecule has 8 heteroatoms. The minimum atomic E-state index is 0.324.